The summed E-state index contributed by atoms with van der Waals surface area (Å²) in [6.45, 7) is 0.647. The van der Waals surface area contributed by atoms with E-state index in [9.17, 15) is 9.59 Å². The van der Waals surface area contributed by atoms with Gasteiger partial charge in [-0.3, -0.25) is 14.7 Å². The van der Waals surface area contributed by atoms with Crippen LogP contribution in [0.3, 0.4) is 0 Å². The number of ether oxygens (including phenoxy) is 1. The first kappa shape index (κ1) is 9.21. The summed E-state index contributed by atoms with van der Waals surface area (Å²) in [5.74, 6) is 0. The maximum atomic E-state index is 11.4. The molecule has 1 aliphatic rings. The standard InChI is InChI=1S/C9H12N2O3/c12-7-4-5-8(13)11(10-7)9-3-1-2-6-14-9/h4-5,9H,1-3,6H2,(H,10,12). The largest absolute Gasteiger partial charge is 0.356 e. The smallest absolute Gasteiger partial charge is 0.267 e. The Hall–Kier alpha value is -1.36. The lowest BCUT2D eigenvalue weighted by molar-refractivity contribution is -0.0428. The lowest BCUT2D eigenvalue weighted by Gasteiger charge is -2.23. The van der Waals surface area contributed by atoms with E-state index in [1.54, 1.807) is 0 Å². The van der Waals surface area contributed by atoms with Crippen LogP contribution in [0.1, 0.15) is 25.5 Å². The third-order valence-corrected chi connectivity index (χ3v) is 2.29. The Morgan fingerprint density at radius 2 is 2.21 bits per heavy atom. The number of hydrogen-bond donors (Lipinski definition) is 1. The van der Waals surface area contributed by atoms with E-state index in [1.165, 1.54) is 16.8 Å². The van der Waals surface area contributed by atoms with Gasteiger partial charge in [0.25, 0.3) is 11.1 Å². The van der Waals surface area contributed by atoms with Gasteiger partial charge in [-0.2, -0.15) is 0 Å². The summed E-state index contributed by atoms with van der Waals surface area (Å²) >= 11 is 0. The molecule has 0 aliphatic carbocycles. The van der Waals surface area contributed by atoms with Crippen molar-refractivity contribution in [2.45, 2.75) is 25.5 Å². The van der Waals surface area contributed by atoms with Crippen LogP contribution in [-0.2, 0) is 4.74 Å². The first-order valence-electron chi connectivity index (χ1n) is 4.71. The van der Waals surface area contributed by atoms with Crippen molar-refractivity contribution in [2.75, 3.05) is 6.61 Å². The van der Waals surface area contributed by atoms with Crippen LogP contribution in [0.2, 0.25) is 0 Å². The molecule has 1 saturated heterocycles. The number of aromatic amines is 1. The van der Waals surface area contributed by atoms with Crippen LogP contribution in [0, 0.1) is 0 Å². The number of nitrogens with zero attached hydrogens (tertiary/aromatic N) is 1. The summed E-state index contributed by atoms with van der Waals surface area (Å²) in [6.07, 6.45) is 2.51. The van der Waals surface area contributed by atoms with Crippen molar-refractivity contribution >= 4 is 0 Å². The maximum Gasteiger partial charge on any atom is 0.267 e. The van der Waals surface area contributed by atoms with Gasteiger partial charge < -0.3 is 4.74 Å². The van der Waals surface area contributed by atoms with Gasteiger partial charge >= 0.3 is 0 Å². The van der Waals surface area contributed by atoms with Crippen LogP contribution in [0.15, 0.2) is 21.7 Å². The molecule has 0 spiro atoms. The van der Waals surface area contributed by atoms with E-state index in [1.807, 2.05) is 0 Å². The monoisotopic (exact) mass is 196 g/mol. The molecule has 1 aromatic heterocycles. The molecule has 14 heavy (non-hydrogen) atoms. The molecule has 1 N–H and O–H groups in total. The second kappa shape index (κ2) is 3.79. The van der Waals surface area contributed by atoms with Gasteiger partial charge in [0.1, 0.15) is 0 Å². The van der Waals surface area contributed by atoms with Crippen molar-refractivity contribution in [1.82, 2.24) is 9.78 Å². The lowest BCUT2D eigenvalue weighted by atomic mass is 10.2. The fourth-order valence-corrected chi connectivity index (χ4v) is 1.58. The molecule has 0 bridgehead atoms. The number of aromatic nitrogens is 2. The third-order valence-electron chi connectivity index (χ3n) is 2.29. The predicted octanol–water partition coefficient (Wildman–Crippen LogP) is 0.236. The molecule has 76 valence electrons. The minimum absolute atomic E-state index is 0.225. The van der Waals surface area contributed by atoms with Crippen molar-refractivity contribution < 1.29 is 4.74 Å². The first-order chi connectivity index (χ1) is 6.77. The highest BCUT2D eigenvalue weighted by Gasteiger charge is 2.16. The van der Waals surface area contributed by atoms with E-state index in [4.69, 9.17) is 4.74 Å². The van der Waals surface area contributed by atoms with Crippen molar-refractivity contribution in [2.24, 2.45) is 0 Å². The van der Waals surface area contributed by atoms with Crippen LogP contribution in [-0.4, -0.2) is 16.4 Å². The normalized spacial score (nSPS) is 22.1. The molecule has 0 radical (unpaired) electrons. The fraction of sp³-hybridized carbons (Fsp3) is 0.556. The molecule has 5 nitrogen and oxygen atoms in total. The Morgan fingerprint density at radius 3 is 2.93 bits per heavy atom. The topological polar surface area (TPSA) is 64.1 Å². The molecule has 1 unspecified atom stereocenters. The highest BCUT2D eigenvalue weighted by Crippen LogP contribution is 2.19. The first-order valence-corrected chi connectivity index (χ1v) is 4.71. The maximum absolute atomic E-state index is 11.4. The molecule has 2 rings (SSSR count). The third kappa shape index (κ3) is 1.77. The molecule has 0 amide bonds. The van der Waals surface area contributed by atoms with Crippen LogP contribution < -0.4 is 11.1 Å². The molecule has 0 saturated carbocycles. The summed E-state index contributed by atoms with van der Waals surface area (Å²) in [4.78, 5) is 22.4. The number of H-pyrrole nitrogens is 1. The fourth-order valence-electron chi connectivity index (χ4n) is 1.58. The summed E-state index contributed by atoms with van der Waals surface area (Å²) in [5.41, 5.74) is -0.504. The Kier molecular flexibility index (Phi) is 2.49. The SMILES string of the molecule is O=c1ccc(=O)n(C2CCCCO2)[nH]1. The molecule has 2 heterocycles. The average molecular weight is 196 g/mol. The molecular formula is C9H12N2O3. The van der Waals surface area contributed by atoms with Crippen molar-refractivity contribution in [1.29, 1.82) is 0 Å². The molecule has 1 aromatic rings. The van der Waals surface area contributed by atoms with Gasteiger partial charge in [0, 0.05) is 18.7 Å². The van der Waals surface area contributed by atoms with Gasteiger partial charge in [0.15, 0.2) is 6.23 Å². The molecule has 0 aromatic carbocycles. The summed E-state index contributed by atoms with van der Waals surface area (Å²) in [6, 6.07) is 2.48. The molecular weight excluding hydrogens is 184 g/mol. The Morgan fingerprint density at radius 1 is 1.36 bits per heavy atom. The Balaban J connectivity index is 2.34. The minimum Gasteiger partial charge on any atom is -0.356 e. The predicted molar refractivity (Wildman–Crippen MR) is 50.2 cm³/mol. The molecule has 5 heteroatoms. The van der Waals surface area contributed by atoms with E-state index in [-0.39, 0.29) is 17.3 Å². The van der Waals surface area contributed by atoms with Crippen LogP contribution >= 0.6 is 0 Å². The Labute approximate surface area is 80.3 Å². The summed E-state index contributed by atoms with van der Waals surface area (Å²) in [7, 11) is 0. The van der Waals surface area contributed by atoms with Gasteiger partial charge in [-0.05, 0) is 19.3 Å². The highest BCUT2D eigenvalue weighted by molar-refractivity contribution is 4.87. The van der Waals surface area contributed by atoms with Gasteiger partial charge in [0.2, 0.25) is 0 Å². The van der Waals surface area contributed by atoms with E-state index in [2.05, 4.69) is 5.10 Å². The van der Waals surface area contributed by atoms with Gasteiger partial charge in [-0.25, -0.2) is 4.68 Å². The molecule has 1 atom stereocenters. The second-order valence-corrected chi connectivity index (χ2v) is 3.34. The minimum atomic E-state index is -0.301. The average Bonchev–Trinajstić information content (AvgIpc) is 2.23. The molecule has 1 fully saturated rings. The second-order valence-electron chi connectivity index (χ2n) is 3.34. The molecule has 1 aliphatic heterocycles. The summed E-state index contributed by atoms with van der Waals surface area (Å²) in [5, 5.41) is 2.47. The van der Waals surface area contributed by atoms with E-state index in [0.717, 1.165) is 19.3 Å². The Bertz CT molecular complexity index is 415. The number of rotatable bonds is 1. The van der Waals surface area contributed by atoms with Crippen LogP contribution in [0.25, 0.3) is 0 Å². The van der Waals surface area contributed by atoms with Crippen LogP contribution in [0.4, 0.5) is 0 Å². The van der Waals surface area contributed by atoms with E-state index >= 15 is 0 Å². The lowest BCUT2D eigenvalue weighted by Crippen LogP contribution is -2.34. The van der Waals surface area contributed by atoms with Crippen molar-refractivity contribution in [3.8, 4) is 0 Å². The van der Waals surface area contributed by atoms with Crippen molar-refractivity contribution in [3.63, 3.8) is 0 Å². The van der Waals surface area contributed by atoms with Gasteiger partial charge in [-0.15, -0.1) is 0 Å². The van der Waals surface area contributed by atoms with Gasteiger partial charge in [-0.1, -0.05) is 0 Å². The number of nitrogens with one attached hydrogen (secondary N) is 1. The van der Waals surface area contributed by atoms with E-state index in [0.29, 0.717) is 6.61 Å². The van der Waals surface area contributed by atoms with Crippen molar-refractivity contribution in [3.05, 3.63) is 32.8 Å². The van der Waals surface area contributed by atoms with E-state index < -0.39 is 0 Å². The zero-order chi connectivity index (χ0) is 9.97. The zero-order valence-corrected chi connectivity index (χ0v) is 7.73. The van der Waals surface area contributed by atoms with Crippen LogP contribution in [0.5, 0.6) is 0 Å². The quantitative estimate of drug-likeness (QED) is 0.699. The van der Waals surface area contributed by atoms with Gasteiger partial charge in [0.05, 0.1) is 0 Å². The highest BCUT2D eigenvalue weighted by atomic mass is 16.5. The summed E-state index contributed by atoms with van der Waals surface area (Å²) < 4.78 is 6.66. The zero-order valence-electron chi connectivity index (χ0n) is 7.73. The number of hydrogen-bond acceptors (Lipinski definition) is 3.